The lowest BCUT2D eigenvalue weighted by Crippen LogP contribution is -2.35. The van der Waals surface area contributed by atoms with Gasteiger partial charge in [0.15, 0.2) is 11.5 Å². The van der Waals surface area contributed by atoms with Crippen molar-refractivity contribution in [3.63, 3.8) is 0 Å². The number of ether oxygens (including phenoxy) is 2. The third-order valence-corrected chi connectivity index (χ3v) is 4.26. The number of esters is 1. The minimum absolute atomic E-state index is 0.392. The number of hydrogen-bond donors (Lipinski definition) is 1. The fourth-order valence-corrected chi connectivity index (χ4v) is 2.97. The fourth-order valence-electron chi connectivity index (χ4n) is 2.97. The summed E-state index contributed by atoms with van der Waals surface area (Å²) in [5.74, 6) is 0.209. The lowest BCUT2D eigenvalue weighted by molar-refractivity contribution is -0.0763. The molecule has 1 unspecified atom stereocenters. The fraction of sp³-hybridized carbons (Fsp3) is 0.667. The van der Waals surface area contributed by atoms with Crippen LogP contribution < -0.4 is 5.32 Å². The van der Waals surface area contributed by atoms with Crippen LogP contribution in [0.5, 0.6) is 0 Å². The number of hydrogen-bond acceptors (Lipinski definition) is 6. The lowest BCUT2D eigenvalue weighted by atomic mass is 9.94. The molecular weight excluding hydrogens is 270 g/mol. The smallest absolute Gasteiger partial charge is 0.357 e. The van der Waals surface area contributed by atoms with Crippen LogP contribution in [0.4, 0.5) is 0 Å². The second kappa shape index (κ2) is 5.69. The van der Waals surface area contributed by atoms with Crippen molar-refractivity contribution in [3.05, 3.63) is 22.8 Å². The summed E-state index contributed by atoms with van der Waals surface area (Å²) in [6.45, 7) is 4.20. The molecule has 1 atom stereocenters. The lowest BCUT2D eigenvalue weighted by Gasteiger charge is -2.33. The zero-order valence-corrected chi connectivity index (χ0v) is 12.6. The van der Waals surface area contributed by atoms with Gasteiger partial charge in [0.1, 0.15) is 5.60 Å². The van der Waals surface area contributed by atoms with Crippen LogP contribution in [0, 0.1) is 0 Å². The second-order valence-corrected chi connectivity index (χ2v) is 5.78. The van der Waals surface area contributed by atoms with Gasteiger partial charge in [0.2, 0.25) is 0 Å². The summed E-state index contributed by atoms with van der Waals surface area (Å²) in [5, 5.41) is 3.28. The molecule has 0 aliphatic carbocycles. The maximum absolute atomic E-state index is 12.1. The van der Waals surface area contributed by atoms with Crippen LogP contribution in [-0.4, -0.2) is 36.2 Å². The molecule has 3 heterocycles. The van der Waals surface area contributed by atoms with Gasteiger partial charge in [-0.15, -0.1) is 0 Å². The topological polar surface area (TPSA) is 73.3 Å². The number of carbonyl (C=O) groups excluding carboxylic acids is 1. The molecule has 1 saturated heterocycles. The zero-order chi connectivity index (χ0) is 14.9. The molecule has 1 N–H and O–H groups in total. The highest BCUT2D eigenvalue weighted by atomic mass is 16.5. The first-order valence-electron chi connectivity index (χ1n) is 7.47. The number of carbonyl (C=O) groups is 1. The van der Waals surface area contributed by atoms with E-state index < -0.39 is 11.6 Å². The van der Waals surface area contributed by atoms with Crippen LogP contribution in [0.3, 0.4) is 0 Å². The Bertz CT molecular complexity index is 553. The Labute approximate surface area is 124 Å². The van der Waals surface area contributed by atoms with Crippen LogP contribution in [0.15, 0.2) is 0 Å². The Hall–Kier alpha value is -1.53. The molecule has 6 heteroatoms. The van der Waals surface area contributed by atoms with Gasteiger partial charge in [0, 0.05) is 18.7 Å². The van der Waals surface area contributed by atoms with Gasteiger partial charge in [-0.2, -0.15) is 0 Å². The van der Waals surface area contributed by atoms with E-state index in [-0.39, 0.29) is 0 Å². The van der Waals surface area contributed by atoms with E-state index in [2.05, 4.69) is 15.3 Å². The zero-order valence-electron chi connectivity index (χ0n) is 12.6. The SMILES string of the molecule is COC(=O)c1nc(C2(C)CCCCO2)nc2c1CCNC2. The number of aromatic nitrogens is 2. The molecule has 2 aliphatic heterocycles. The number of nitrogens with zero attached hydrogens (tertiary/aromatic N) is 2. The number of nitrogens with one attached hydrogen (secondary N) is 1. The molecule has 6 nitrogen and oxygen atoms in total. The molecule has 0 bridgehead atoms. The predicted octanol–water partition coefficient (Wildman–Crippen LogP) is 1.32. The monoisotopic (exact) mass is 291 g/mol. The Morgan fingerprint density at radius 2 is 2.24 bits per heavy atom. The number of methoxy groups -OCH3 is 1. The van der Waals surface area contributed by atoms with Crippen molar-refractivity contribution in [2.24, 2.45) is 0 Å². The average Bonchev–Trinajstić information content (AvgIpc) is 2.53. The van der Waals surface area contributed by atoms with E-state index in [0.29, 0.717) is 24.7 Å². The van der Waals surface area contributed by atoms with Crippen molar-refractivity contribution >= 4 is 5.97 Å². The molecule has 0 aromatic carbocycles. The van der Waals surface area contributed by atoms with E-state index >= 15 is 0 Å². The third-order valence-electron chi connectivity index (χ3n) is 4.26. The van der Waals surface area contributed by atoms with Crippen molar-refractivity contribution in [3.8, 4) is 0 Å². The number of fused-ring (bicyclic) bond motifs is 1. The van der Waals surface area contributed by atoms with Gasteiger partial charge in [0.25, 0.3) is 0 Å². The summed E-state index contributed by atoms with van der Waals surface area (Å²) >= 11 is 0. The standard InChI is InChI=1S/C15H21N3O3/c1-15(6-3-4-8-21-15)14-17-11-9-16-7-5-10(11)12(18-14)13(19)20-2/h16H,3-9H2,1-2H3. The molecular formula is C15H21N3O3. The summed E-state index contributed by atoms with van der Waals surface area (Å²) in [6, 6.07) is 0. The van der Waals surface area contributed by atoms with E-state index in [1.54, 1.807) is 0 Å². The minimum Gasteiger partial charge on any atom is -0.464 e. The third kappa shape index (κ3) is 2.65. The van der Waals surface area contributed by atoms with Gasteiger partial charge in [-0.05, 0) is 39.2 Å². The molecule has 0 amide bonds. The van der Waals surface area contributed by atoms with Crippen LogP contribution in [0.1, 0.15) is 53.8 Å². The van der Waals surface area contributed by atoms with Crippen molar-refractivity contribution in [1.82, 2.24) is 15.3 Å². The average molecular weight is 291 g/mol. The van der Waals surface area contributed by atoms with Crippen LogP contribution in [0.2, 0.25) is 0 Å². The van der Waals surface area contributed by atoms with Crippen LogP contribution in [0.25, 0.3) is 0 Å². The molecule has 114 valence electrons. The van der Waals surface area contributed by atoms with Crippen LogP contribution in [-0.2, 0) is 28.0 Å². The van der Waals surface area contributed by atoms with Gasteiger partial charge < -0.3 is 14.8 Å². The Balaban J connectivity index is 2.07. The Morgan fingerprint density at radius 3 is 2.95 bits per heavy atom. The summed E-state index contributed by atoms with van der Waals surface area (Å²) < 4.78 is 10.8. The largest absolute Gasteiger partial charge is 0.464 e. The van der Waals surface area contributed by atoms with Crippen molar-refractivity contribution in [2.75, 3.05) is 20.3 Å². The van der Waals surface area contributed by atoms with Gasteiger partial charge in [-0.1, -0.05) is 0 Å². The first-order valence-corrected chi connectivity index (χ1v) is 7.47. The van der Waals surface area contributed by atoms with Gasteiger partial charge in [-0.25, -0.2) is 14.8 Å². The number of rotatable bonds is 2. The minimum atomic E-state index is -0.506. The van der Waals surface area contributed by atoms with E-state index in [1.807, 2.05) is 6.92 Å². The summed E-state index contributed by atoms with van der Waals surface area (Å²) in [5.41, 5.74) is 1.69. The van der Waals surface area contributed by atoms with Crippen molar-refractivity contribution in [2.45, 2.75) is 44.8 Å². The van der Waals surface area contributed by atoms with Crippen molar-refractivity contribution in [1.29, 1.82) is 0 Å². The quantitative estimate of drug-likeness (QED) is 0.829. The predicted molar refractivity (Wildman–Crippen MR) is 75.9 cm³/mol. The summed E-state index contributed by atoms with van der Waals surface area (Å²) in [6.07, 6.45) is 3.77. The molecule has 2 aliphatic rings. The first-order chi connectivity index (χ1) is 10.1. The summed E-state index contributed by atoms with van der Waals surface area (Å²) in [4.78, 5) is 21.2. The van der Waals surface area contributed by atoms with Gasteiger partial charge in [0.05, 0.1) is 12.8 Å². The Morgan fingerprint density at radius 1 is 1.38 bits per heavy atom. The van der Waals surface area contributed by atoms with Gasteiger partial charge >= 0.3 is 5.97 Å². The molecule has 1 aromatic rings. The maximum Gasteiger partial charge on any atom is 0.357 e. The normalized spacial score (nSPS) is 25.2. The highest BCUT2D eigenvalue weighted by Crippen LogP contribution is 2.33. The highest BCUT2D eigenvalue weighted by molar-refractivity contribution is 5.89. The molecule has 1 aromatic heterocycles. The van der Waals surface area contributed by atoms with Crippen molar-refractivity contribution < 1.29 is 14.3 Å². The molecule has 1 fully saturated rings. The van der Waals surface area contributed by atoms with E-state index in [9.17, 15) is 4.79 Å². The Kier molecular flexibility index (Phi) is 3.91. The van der Waals surface area contributed by atoms with E-state index in [4.69, 9.17) is 9.47 Å². The molecule has 0 radical (unpaired) electrons. The molecule has 21 heavy (non-hydrogen) atoms. The first kappa shape index (κ1) is 14.4. The van der Waals surface area contributed by atoms with Gasteiger partial charge in [-0.3, -0.25) is 0 Å². The highest BCUT2D eigenvalue weighted by Gasteiger charge is 2.35. The second-order valence-electron chi connectivity index (χ2n) is 5.78. The maximum atomic E-state index is 12.1. The van der Waals surface area contributed by atoms with E-state index in [1.165, 1.54) is 7.11 Å². The van der Waals surface area contributed by atoms with E-state index in [0.717, 1.165) is 43.5 Å². The molecule has 0 saturated carbocycles. The molecule has 3 rings (SSSR count). The molecule has 0 spiro atoms. The van der Waals surface area contributed by atoms with Crippen LogP contribution >= 0.6 is 0 Å². The summed E-state index contributed by atoms with van der Waals surface area (Å²) in [7, 11) is 1.39.